The highest BCUT2D eigenvalue weighted by molar-refractivity contribution is 5.85. The number of alkyl halides is 1. The van der Waals surface area contributed by atoms with Crippen LogP contribution in [0.1, 0.15) is 30.9 Å². The van der Waals surface area contributed by atoms with Gasteiger partial charge in [-0.25, -0.2) is 0 Å². The van der Waals surface area contributed by atoms with Crippen LogP contribution in [0.5, 0.6) is 0 Å². The van der Waals surface area contributed by atoms with Crippen molar-refractivity contribution in [2.24, 2.45) is 5.73 Å². The van der Waals surface area contributed by atoms with Crippen molar-refractivity contribution in [2.45, 2.75) is 25.3 Å². The van der Waals surface area contributed by atoms with Crippen LogP contribution in [0, 0.1) is 0 Å². The largest absolute Gasteiger partial charge is 0.372 e. The molecule has 2 nitrogen and oxygen atoms in total. The van der Waals surface area contributed by atoms with Crippen LogP contribution >= 0.6 is 12.4 Å². The molecule has 1 aliphatic heterocycles. The van der Waals surface area contributed by atoms with Crippen LogP contribution in [-0.2, 0) is 0 Å². The number of anilines is 1. The van der Waals surface area contributed by atoms with E-state index in [-0.39, 0.29) is 25.1 Å². The fraction of sp³-hybridized carbons (Fsp3) is 0.538. The maximum Gasteiger partial charge on any atom is 0.0912 e. The number of benzene rings is 1. The summed E-state index contributed by atoms with van der Waals surface area (Å²) in [6, 6.07) is 8.07. The Morgan fingerprint density at radius 2 is 1.76 bits per heavy atom. The molecule has 4 heteroatoms. The van der Waals surface area contributed by atoms with Crippen molar-refractivity contribution in [3.63, 3.8) is 0 Å². The summed E-state index contributed by atoms with van der Waals surface area (Å²) in [6.45, 7) is 1.95. The molecule has 0 bridgehead atoms. The van der Waals surface area contributed by atoms with E-state index in [1.54, 1.807) is 0 Å². The van der Waals surface area contributed by atoms with E-state index in [0.717, 1.165) is 18.7 Å². The van der Waals surface area contributed by atoms with Gasteiger partial charge in [-0.15, -0.1) is 12.4 Å². The first-order valence-corrected chi connectivity index (χ1v) is 5.97. The van der Waals surface area contributed by atoms with Gasteiger partial charge in [-0.3, -0.25) is 4.39 Å². The average Bonchev–Trinajstić information content (AvgIpc) is 2.83. The van der Waals surface area contributed by atoms with Gasteiger partial charge >= 0.3 is 0 Å². The van der Waals surface area contributed by atoms with E-state index in [1.807, 2.05) is 12.1 Å². The molecule has 1 aromatic rings. The summed E-state index contributed by atoms with van der Waals surface area (Å²) in [6.07, 6.45) is 2.97. The topological polar surface area (TPSA) is 29.3 Å². The first kappa shape index (κ1) is 14.3. The van der Waals surface area contributed by atoms with Gasteiger partial charge in [0.1, 0.15) is 0 Å². The predicted molar refractivity (Wildman–Crippen MR) is 72.7 cm³/mol. The van der Waals surface area contributed by atoms with Crippen LogP contribution < -0.4 is 10.6 Å². The zero-order valence-corrected chi connectivity index (χ0v) is 10.8. The molecule has 0 unspecified atom stereocenters. The van der Waals surface area contributed by atoms with E-state index >= 15 is 0 Å². The molecule has 1 aliphatic rings. The summed E-state index contributed by atoms with van der Waals surface area (Å²) in [5, 5.41) is 0. The van der Waals surface area contributed by atoms with E-state index in [2.05, 4.69) is 17.0 Å². The van der Waals surface area contributed by atoms with Crippen LogP contribution in [0.3, 0.4) is 0 Å². The molecular formula is C13H20ClFN2. The molecule has 0 saturated carbocycles. The Bertz CT molecular complexity index is 323. The van der Waals surface area contributed by atoms with Crippen LogP contribution in [0.15, 0.2) is 24.3 Å². The number of nitrogens with zero attached hydrogens (tertiary/aromatic N) is 1. The van der Waals surface area contributed by atoms with Crippen LogP contribution in [0.4, 0.5) is 10.1 Å². The fourth-order valence-corrected chi connectivity index (χ4v) is 2.19. The monoisotopic (exact) mass is 258 g/mol. The van der Waals surface area contributed by atoms with Gasteiger partial charge in [0.25, 0.3) is 0 Å². The van der Waals surface area contributed by atoms with Crippen molar-refractivity contribution < 1.29 is 4.39 Å². The molecule has 17 heavy (non-hydrogen) atoms. The normalized spacial score (nSPS) is 16.7. The first-order valence-electron chi connectivity index (χ1n) is 5.97. The van der Waals surface area contributed by atoms with Gasteiger partial charge in [0.15, 0.2) is 0 Å². The molecule has 0 amide bonds. The second-order valence-electron chi connectivity index (χ2n) is 4.37. The average molecular weight is 259 g/mol. The molecule has 0 aromatic heterocycles. The number of hydrogen-bond acceptors (Lipinski definition) is 2. The number of nitrogens with two attached hydrogens (primary N) is 1. The van der Waals surface area contributed by atoms with Crippen LogP contribution in [0.25, 0.3) is 0 Å². The fourth-order valence-electron chi connectivity index (χ4n) is 2.19. The summed E-state index contributed by atoms with van der Waals surface area (Å²) in [7, 11) is 0. The van der Waals surface area contributed by atoms with Crippen LogP contribution in [0.2, 0.25) is 0 Å². The minimum Gasteiger partial charge on any atom is -0.372 e. The summed E-state index contributed by atoms with van der Waals surface area (Å²) < 4.78 is 12.2. The van der Waals surface area contributed by atoms with Crippen molar-refractivity contribution >= 4 is 18.1 Å². The zero-order chi connectivity index (χ0) is 11.4. The molecule has 0 spiro atoms. The third-order valence-electron chi connectivity index (χ3n) is 3.21. The van der Waals surface area contributed by atoms with Gasteiger partial charge in [-0.05, 0) is 37.0 Å². The van der Waals surface area contributed by atoms with E-state index < -0.39 is 0 Å². The zero-order valence-electron chi connectivity index (χ0n) is 9.94. The van der Waals surface area contributed by atoms with Gasteiger partial charge in [0, 0.05) is 24.8 Å². The van der Waals surface area contributed by atoms with E-state index in [9.17, 15) is 4.39 Å². The van der Waals surface area contributed by atoms with Gasteiger partial charge in [-0.2, -0.15) is 0 Å². The summed E-state index contributed by atoms with van der Waals surface area (Å²) in [5.74, 6) is 0. The number of hydrogen-bond donors (Lipinski definition) is 1. The van der Waals surface area contributed by atoms with E-state index in [1.165, 1.54) is 18.5 Å². The second kappa shape index (κ2) is 6.82. The molecule has 2 N–H and O–H groups in total. The van der Waals surface area contributed by atoms with Crippen molar-refractivity contribution in [1.82, 2.24) is 0 Å². The third-order valence-corrected chi connectivity index (χ3v) is 3.21. The highest BCUT2D eigenvalue weighted by Crippen LogP contribution is 2.22. The maximum atomic E-state index is 12.2. The molecule has 1 atom stereocenters. The molecule has 0 aliphatic carbocycles. The predicted octanol–water partition coefficient (Wildman–Crippen LogP) is 3.07. The second-order valence-corrected chi connectivity index (χ2v) is 4.37. The summed E-state index contributed by atoms with van der Waals surface area (Å²) >= 11 is 0. The Morgan fingerprint density at radius 3 is 2.29 bits per heavy atom. The molecule has 96 valence electrons. The standard InChI is InChI=1S/C13H19FN2.ClH/c14-8-7-13(15)11-3-5-12(6-4-11)16-9-1-2-10-16;/h3-6,13H,1-2,7-10,15H2;1H/t13-;/m0./s1. The lowest BCUT2D eigenvalue weighted by Gasteiger charge is -2.18. The SMILES string of the molecule is Cl.N[C@@H](CCF)c1ccc(N2CCCC2)cc1. The number of halogens is 2. The van der Waals surface area contributed by atoms with Crippen molar-refractivity contribution in [1.29, 1.82) is 0 Å². The number of rotatable bonds is 4. The van der Waals surface area contributed by atoms with Gasteiger partial charge in [0.2, 0.25) is 0 Å². The van der Waals surface area contributed by atoms with Crippen molar-refractivity contribution in [2.75, 3.05) is 24.7 Å². The molecule has 1 aromatic carbocycles. The van der Waals surface area contributed by atoms with Gasteiger partial charge < -0.3 is 10.6 Å². The molecule has 0 radical (unpaired) electrons. The highest BCUT2D eigenvalue weighted by Gasteiger charge is 2.12. The lowest BCUT2D eigenvalue weighted by Crippen LogP contribution is -2.17. The minimum atomic E-state index is -0.352. The van der Waals surface area contributed by atoms with E-state index in [0.29, 0.717) is 6.42 Å². The molecule has 2 rings (SSSR count). The first-order chi connectivity index (χ1) is 7.81. The smallest absolute Gasteiger partial charge is 0.0912 e. The Labute approximate surface area is 108 Å². The Hall–Kier alpha value is -0.800. The lowest BCUT2D eigenvalue weighted by molar-refractivity contribution is 0.442. The quantitative estimate of drug-likeness (QED) is 0.899. The van der Waals surface area contributed by atoms with Gasteiger partial charge in [0.05, 0.1) is 6.67 Å². The molecular weight excluding hydrogens is 239 g/mol. The Morgan fingerprint density at radius 1 is 1.18 bits per heavy atom. The molecule has 1 heterocycles. The van der Waals surface area contributed by atoms with Crippen LogP contribution in [-0.4, -0.2) is 19.8 Å². The summed E-state index contributed by atoms with van der Waals surface area (Å²) in [5.41, 5.74) is 8.14. The molecule has 1 saturated heterocycles. The third kappa shape index (κ3) is 3.58. The Balaban J connectivity index is 0.00000144. The lowest BCUT2D eigenvalue weighted by atomic mass is 10.0. The van der Waals surface area contributed by atoms with Gasteiger partial charge in [-0.1, -0.05) is 12.1 Å². The maximum absolute atomic E-state index is 12.2. The minimum absolute atomic E-state index is 0. The van der Waals surface area contributed by atoms with Crippen molar-refractivity contribution in [3.05, 3.63) is 29.8 Å². The van der Waals surface area contributed by atoms with E-state index in [4.69, 9.17) is 5.73 Å². The Kier molecular flexibility index (Phi) is 5.72. The van der Waals surface area contributed by atoms with Crippen molar-refractivity contribution in [3.8, 4) is 0 Å². The highest BCUT2D eigenvalue weighted by atomic mass is 35.5. The molecule has 1 fully saturated rings. The summed E-state index contributed by atoms with van der Waals surface area (Å²) in [4.78, 5) is 2.38.